The number of nitrogens with one attached hydrogen (secondary N) is 2. The fourth-order valence-electron chi connectivity index (χ4n) is 2.02. The quantitative estimate of drug-likeness (QED) is 0.772. The molecule has 0 aromatic heterocycles. The fourth-order valence-corrected chi connectivity index (χ4v) is 2.02. The largest absolute Gasteiger partial charge is 0.405 e. The summed E-state index contributed by atoms with van der Waals surface area (Å²) in [5.41, 5.74) is 0. The van der Waals surface area contributed by atoms with Gasteiger partial charge >= 0.3 is 6.18 Å². The monoisotopic (exact) mass is 267 g/mol. The number of hydrogen-bond acceptors (Lipinski definition) is 3. The molecule has 0 aromatic carbocycles. The van der Waals surface area contributed by atoms with E-state index in [1.807, 2.05) is 12.4 Å². The van der Waals surface area contributed by atoms with Crippen molar-refractivity contribution in [2.75, 3.05) is 33.2 Å². The van der Waals surface area contributed by atoms with Crippen molar-refractivity contribution in [1.82, 2.24) is 15.5 Å². The van der Waals surface area contributed by atoms with Crippen LogP contribution in [0.25, 0.3) is 0 Å². The normalized spacial score (nSPS) is 21.9. The lowest BCUT2D eigenvalue weighted by Gasteiger charge is -2.32. The van der Waals surface area contributed by atoms with Crippen LogP contribution < -0.4 is 10.6 Å². The minimum Gasteiger partial charge on any atom is -0.346 e. The van der Waals surface area contributed by atoms with Gasteiger partial charge in [-0.3, -0.25) is 4.79 Å². The molecule has 106 valence electrons. The smallest absolute Gasteiger partial charge is 0.346 e. The number of hydrogen-bond donors (Lipinski definition) is 2. The van der Waals surface area contributed by atoms with Gasteiger partial charge in [0.2, 0.25) is 5.91 Å². The van der Waals surface area contributed by atoms with Gasteiger partial charge < -0.3 is 15.5 Å². The summed E-state index contributed by atoms with van der Waals surface area (Å²) in [7, 11) is 2.02. The zero-order valence-corrected chi connectivity index (χ0v) is 10.5. The van der Waals surface area contributed by atoms with Gasteiger partial charge in [-0.15, -0.1) is 0 Å². The second-order valence-corrected chi connectivity index (χ2v) is 4.65. The highest BCUT2D eigenvalue weighted by Gasteiger charge is 2.27. The lowest BCUT2D eigenvalue weighted by molar-refractivity contribution is -0.137. The zero-order valence-electron chi connectivity index (χ0n) is 10.5. The van der Waals surface area contributed by atoms with Crippen molar-refractivity contribution in [1.29, 1.82) is 0 Å². The molecule has 1 atom stereocenters. The number of amides is 1. The molecule has 0 bridgehead atoms. The molecule has 1 heterocycles. The van der Waals surface area contributed by atoms with Crippen LogP contribution in [0.2, 0.25) is 0 Å². The molecular weight excluding hydrogens is 247 g/mol. The summed E-state index contributed by atoms with van der Waals surface area (Å²) < 4.78 is 35.5. The highest BCUT2D eigenvalue weighted by Crippen LogP contribution is 2.14. The van der Waals surface area contributed by atoms with Crippen LogP contribution in [0, 0.1) is 0 Å². The summed E-state index contributed by atoms with van der Waals surface area (Å²) in [4.78, 5) is 13.3. The second kappa shape index (κ2) is 6.94. The van der Waals surface area contributed by atoms with E-state index in [1.54, 1.807) is 0 Å². The maximum absolute atomic E-state index is 11.8. The predicted octanol–water partition coefficient (Wildman–Crippen LogP) is 0.739. The number of halogens is 3. The van der Waals surface area contributed by atoms with E-state index in [4.69, 9.17) is 0 Å². The number of likely N-dealkylation sites (tertiary alicyclic amines) is 1. The number of rotatable bonds is 5. The Morgan fingerprint density at radius 3 is 2.72 bits per heavy atom. The summed E-state index contributed by atoms with van der Waals surface area (Å²) in [5, 5.41) is 4.73. The van der Waals surface area contributed by atoms with Gasteiger partial charge in [-0.25, -0.2) is 0 Å². The Kier molecular flexibility index (Phi) is 5.87. The van der Waals surface area contributed by atoms with E-state index in [0.29, 0.717) is 12.6 Å². The van der Waals surface area contributed by atoms with Crippen molar-refractivity contribution in [3.05, 3.63) is 0 Å². The third-order valence-corrected chi connectivity index (χ3v) is 3.07. The first-order valence-electron chi connectivity index (χ1n) is 6.13. The number of alkyl halides is 3. The highest BCUT2D eigenvalue weighted by atomic mass is 19.4. The maximum atomic E-state index is 11.8. The van der Waals surface area contributed by atoms with Crippen LogP contribution in [-0.4, -0.2) is 56.3 Å². The van der Waals surface area contributed by atoms with Gasteiger partial charge in [-0.2, -0.15) is 13.2 Å². The van der Waals surface area contributed by atoms with Crippen molar-refractivity contribution in [2.24, 2.45) is 0 Å². The van der Waals surface area contributed by atoms with Gasteiger partial charge in [-0.1, -0.05) is 6.42 Å². The molecule has 1 aliphatic rings. The third-order valence-electron chi connectivity index (χ3n) is 3.07. The summed E-state index contributed by atoms with van der Waals surface area (Å²) in [5.74, 6) is -0.620. The Hall–Kier alpha value is -0.820. The molecule has 0 aromatic rings. The lowest BCUT2D eigenvalue weighted by atomic mass is 10.0. The molecule has 1 fully saturated rings. The molecule has 1 rings (SSSR count). The standard InChI is InChI=1S/C11H20F3N3O/c1-17-5-3-2-4-9(17)6-15-7-10(18)16-8-11(12,13)14/h9,15H,2-8H2,1H3,(H,16,18). The first-order valence-corrected chi connectivity index (χ1v) is 6.13. The molecule has 0 spiro atoms. The lowest BCUT2D eigenvalue weighted by Crippen LogP contribution is -2.46. The molecule has 7 heteroatoms. The molecule has 1 aliphatic heterocycles. The average Bonchev–Trinajstić information content (AvgIpc) is 2.28. The zero-order chi connectivity index (χ0) is 13.6. The minimum atomic E-state index is -4.35. The Balaban J connectivity index is 2.11. The van der Waals surface area contributed by atoms with Gasteiger partial charge in [0, 0.05) is 12.6 Å². The number of nitrogens with zero attached hydrogens (tertiary/aromatic N) is 1. The van der Waals surface area contributed by atoms with Gasteiger partial charge in [0.05, 0.1) is 6.54 Å². The van der Waals surface area contributed by atoms with Gasteiger partial charge in [0.25, 0.3) is 0 Å². The molecule has 0 saturated carbocycles. The van der Waals surface area contributed by atoms with Crippen LogP contribution in [0.5, 0.6) is 0 Å². The van der Waals surface area contributed by atoms with Crippen LogP contribution in [0.4, 0.5) is 13.2 Å². The van der Waals surface area contributed by atoms with Crippen molar-refractivity contribution in [2.45, 2.75) is 31.5 Å². The minimum absolute atomic E-state index is 0.0690. The molecule has 0 aliphatic carbocycles. The van der Waals surface area contributed by atoms with Gasteiger partial charge in [0.1, 0.15) is 6.54 Å². The van der Waals surface area contributed by atoms with Crippen molar-refractivity contribution < 1.29 is 18.0 Å². The number of likely N-dealkylation sites (N-methyl/N-ethyl adjacent to an activating group) is 1. The number of piperidine rings is 1. The van der Waals surface area contributed by atoms with Gasteiger partial charge in [0.15, 0.2) is 0 Å². The summed E-state index contributed by atoms with van der Waals surface area (Å²) in [6.07, 6.45) is -0.942. The van der Waals surface area contributed by atoms with Crippen LogP contribution in [0.1, 0.15) is 19.3 Å². The Morgan fingerprint density at radius 2 is 2.11 bits per heavy atom. The van der Waals surface area contributed by atoms with Gasteiger partial charge in [-0.05, 0) is 26.4 Å². The van der Waals surface area contributed by atoms with E-state index in [1.165, 1.54) is 6.42 Å². The molecule has 1 unspecified atom stereocenters. The summed E-state index contributed by atoms with van der Waals surface area (Å²) >= 11 is 0. The molecule has 18 heavy (non-hydrogen) atoms. The molecule has 1 amide bonds. The Morgan fingerprint density at radius 1 is 1.39 bits per heavy atom. The summed E-state index contributed by atoms with van der Waals surface area (Å²) in [6.45, 7) is 0.333. The van der Waals surface area contributed by atoms with Crippen LogP contribution in [0.15, 0.2) is 0 Å². The molecule has 0 radical (unpaired) electrons. The maximum Gasteiger partial charge on any atom is 0.405 e. The molecule has 2 N–H and O–H groups in total. The molecule has 4 nitrogen and oxygen atoms in total. The number of carbonyl (C=O) groups is 1. The topological polar surface area (TPSA) is 44.4 Å². The second-order valence-electron chi connectivity index (χ2n) is 4.65. The Labute approximate surface area is 105 Å². The van der Waals surface area contributed by atoms with Crippen LogP contribution >= 0.6 is 0 Å². The van der Waals surface area contributed by atoms with E-state index < -0.39 is 18.6 Å². The average molecular weight is 267 g/mol. The van der Waals surface area contributed by atoms with Crippen molar-refractivity contribution >= 4 is 5.91 Å². The SMILES string of the molecule is CN1CCCCC1CNCC(=O)NCC(F)(F)F. The molecule has 1 saturated heterocycles. The number of carbonyl (C=O) groups excluding carboxylic acids is 1. The first kappa shape index (κ1) is 15.2. The molecular formula is C11H20F3N3O. The van der Waals surface area contributed by atoms with E-state index in [9.17, 15) is 18.0 Å². The van der Waals surface area contributed by atoms with Crippen molar-refractivity contribution in [3.8, 4) is 0 Å². The highest BCUT2D eigenvalue weighted by molar-refractivity contribution is 5.77. The predicted molar refractivity (Wildman–Crippen MR) is 62.2 cm³/mol. The first-order chi connectivity index (χ1) is 8.38. The van der Waals surface area contributed by atoms with Crippen LogP contribution in [-0.2, 0) is 4.79 Å². The Bertz CT molecular complexity index is 271. The fraction of sp³-hybridized carbons (Fsp3) is 0.909. The van der Waals surface area contributed by atoms with E-state index in [-0.39, 0.29) is 6.54 Å². The van der Waals surface area contributed by atoms with E-state index >= 15 is 0 Å². The van der Waals surface area contributed by atoms with Crippen molar-refractivity contribution in [3.63, 3.8) is 0 Å². The van der Waals surface area contributed by atoms with E-state index in [2.05, 4.69) is 10.2 Å². The van der Waals surface area contributed by atoms with E-state index in [0.717, 1.165) is 19.4 Å². The summed E-state index contributed by atoms with van der Waals surface area (Å²) in [6, 6.07) is 0.370. The van der Waals surface area contributed by atoms with Crippen LogP contribution in [0.3, 0.4) is 0 Å². The third kappa shape index (κ3) is 6.20.